The molecule has 0 bridgehead atoms. The smallest absolute Gasteiger partial charge is 0.237 e. The quantitative estimate of drug-likeness (QED) is 0.825. The molecule has 1 aromatic heterocycles. The Morgan fingerprint density at radius 1 is 1.22 bits per heavy atom. The SMILES string of the molecule is CC(NCc1ccc(C2CC2C)o1)C(=O)NCc1ccccc1. The maximum atomic E-state index is 12.1. The predicted molar refractivity (Wildman–Crippen MR) is 89.8 cm³/mol. The maximum Gasteiger partial charge on any atom is 0.237 e. The first kappa shape index (κ1) is 15.8. The van der Waals surface area contributed by atoms with Crippen molar-refractivity contribution in [1.82, 2.24) is 10.6 Å². The topological polar surface area (TPSA) is 54.3 Å². The van der Waals surface area contributed by atoms with Crippen LogP contribution in [0.15, 0.2) is 46.9 Å². The molecule has 3 rings (SSSR count). The molecule has 0 radical (unpaired) electrons. The first-order valence-corrected chi connectivity index (χ1v) is 8.27. The van der Waals surface area contributed by atoms with Crippen molar-refractivity contribution in [3.05, 3.63) is 59.5 Å². The third-order valence-corrected chi connectivity index (χ3v) is 4.44. The van der Waals surface area contributed by atoms with Gasteiger partial charge in [-0.05, 0) is 37.0 Å². The highest BCUT2D eigenvalue weighted by Crippen LogP contribution is 2.47. The molecule has 2 N–H and O–H groups in total. The van der Waals surface area contributed by atoms with Crippen LogP contribution in [0, 0.1) is 5.92 Å². The first-order valence-electron chi connectivity index (χ1n) is 8.27. The van der Waals surface area contributed by atoms with E-state index in [1.807, 2.05) is 43.3 Å². The second-order valence-electron chi connectivity index (χ2n) is 6.43. The summed E-state index contributed by atoms with van der Waals surface area (Å²) in [6.45, 7) is 5.23. The van der Waals surface area contributed by atoms with Gasteiger partial charge in [0.1, 0.15) is 11.5 Å². The van der Waals surface area contributed by atoms with Crippen LogP contribution in [0.3, 0.4) is 0 Å². The molecular weight excluding hydrogens is 288 g/mol. The zero-order chi connectivity index (χ0) is 16.2. The van der Waals surface area contributed by atoms with E-state index in [4.69, 9.17) is 4.42 Å². The molecular formula is C19H24N2O2. The van der Waals surface area contributed by atoms with Gasteiger partial charge >= 0.3 is 0 Å². The Labute approximate surface area is 137 Å². The fourth-order valence-electron chi connectivity index (χ4n) is 2.69. The number of benzene rings is 1. The molecule has 1 amide bonds. The van der Waals surface area contributed by atoms with Gasteiger partial charge in [-0.2, -0.15) is 0 Å². The largest absolute Gasteiger partial charge is 0.464 e. The van der Waals surface area contributed by atoms with Gasteiger partial charge in [-0.1, -0.05) is 37.3 Å². The van der Waals surface area contributed by atoms with E-state index in [1.165, 1.54) is 6.42 Å². The molecule has 23 heavy (non-hydrogen) atoms. The average molecular weight is 312 g/mol. The Hall–Kier alpha value is -2.07. The van der Waals surface area contributed by atoms with E-state index >= 15 is 0 Å². The van der Waals surface area contributed by atoms with Crippen LogP contribution < -0.4 is 10.6 Å². The number of carbonyl (C=O) groups is 1. The van der Waals surface area contributed by atoms with Crippen LogP contribution in [-0.2, 0) is 17.9 Å². The van der Waals surface area contributed by atoms with Crippen LogP contribution in [-0.4, -0.2) is 11.9 Å². The lowest BCUT2D eigenvalue weighted by atomic mass is 10.2. The molecule has 2 aromatic rings. The molecule has 1 saturated carbocycles. The van der Waals surface area contributed by atoms with Gasteiger partial charge in [-0.25, -0.2) is 0 Å². The molecule has 4 heteroatoms. The van der Waals surface area contributed by atoms with E-state index in [-0.39, 0.29) is 11.9 Å². The first-order chi connectivity index (χ1) is 11.1. The summed E-state index contributed by atoms with van der Waals surface area (Å²) in [6, 6.07) is 13.7. The summed E-state index contributed by atoms with van der Waals surface area (Å²) >= 11 is 0. The van der Waals surface area contributed by atoms with Gasteiger partial charge in [0.2, 0.25) is 5.91 Å². The Balaban J connectivity index is 1.42. The van der Waals surface area contributed by atoms with E-state index in [0.717, 1.165) is 23.0 Å². The highest BCUT2D eigenvalue weighted by atomic mass is 16.3. The molecule has 1 heterocycles. The summed E-state index contributed by atoms with van der Waals surface area (Å²) < 4.78 is 5.84. The Morgan fingerprint density at radius 3 is 2.65 bits per heavy atom. The maximum absolute atomic E-state index is 12.1. The number of nitrogens with one attached hydrogen (secondary N) is 2. The third kappa shape index (κ3) is 4.23. The normalized spacial score (nSPS) is 21.0. The number of hydrogen-bond donors (Lipinski definition) is 2. The van der Waals surface area contributed by atoms with Crippen molar-refractivity contribution in [2.75, 3.05) is 0 Å². The van der Waals surface area contributed by atoms with E-state index in [9.17, 15) is 4.79 Å². The van der Waals surface area contributed by atoms with Crippen molar-refractivity contribution in [3.63, 3.8) is 0 Å². The van der Waals surface area contributed by atoms with Crippen LogP contribution in [0.2, 0.25) is 0 Å². The highest BCUT2D eigenvalue weighted by Gasteiger charge is 2.36. The van der Waals surface area contributed by atoms with Crippen LogP contribution in [0.4, 0.5) is 0 Å². The van der Waals surface area contributed by atoms with Gasteiger partial charge in [0.15, 0.2) is 0 Å². The molecule has 1 aliphatic carbocycles. The summed E-state index contributed by atoms with van der Waals surface area (Å²) in [7, 11) is 0. The molecule has 0 spiro atoms. The fourth-order valence-corrected chi connectivity index (χ4v) is 2.69. The summed E-state index contributed by atoms with van der Waals surface area (Å²) in [5.41, 5.74) is 1.10. The Kier molecular flexibility index (Phi) is 4.82. The van der Waals surface area contributed by atoms with Crippen molar-refractivity contribution in [3.8, 4) is 0 Å². The number of carbonyl (C=O) groups excluding carboxylic acids is 1. The standard InChI is InChI=1S/C19H24N2O2/c1-13-10-17(13)18-9-8-16(23-18)12-20-14(2)19(22)21-11-15-6-4-3-5-7-15/h3-9,13-14,17,20H,10-12H2,1-2H3,(H,21,22). The Morgan fingerprint density at radius 2 is 1.96 bits per heavy atom. The summed E-state index contributed by atoms with van der Waals surface area (Å²) in [4.78, 5) is 12.1. The molecule has 0 aliphatic heterocycles. The monoisotopic (exact) mass is 312 g/mol. The number of hydrogen-bond acceptors (Lipinski definition) is 3. The highest BCUT2D eigenvalue weighted by molar-refractivity contribution is 5.81. The van der Waals surface area contributed by atoms with Crippen molar-refractivity contribution < 1.29 is 9.21 Å². The lowest BCUT2D eigenvalue weighted by molar-refractivity contribution is -0.122. The van der Waals surface area contributed by atoms with Crippen LogP contribution >= 0.6 is 0 Å². The van der Waals surface area contributed by atoms with Crippen molar-refractivity contribution in [2.45, 2.75) is 45.3 Å². The van der Waals surface area contributed by atoms with Gasteiger partial charge in [0.25, 0.3) is 0 Å². The second kappa shape index (κ2) is 7.01. The van der Waals surface area contributed by atoms with Gasteiger partial charge in [-0.3, -0.25) is 10.1 Å². The lowest BCUT2D eigenvalue weighted by Crippen LogP contribution is -2.41. The minimum absolute atomic E-state index is 0.00329. The van der Waals surface area contributed by atoms with Crippen LogP contribution in [0.5, 0.6) is 0 Å². The van der Waals surface area contributed by atoms with Gasteiger partial charge in [-0.15, -0.1) is 0 Å². The van der Waals surface area contributed by atoms with Crippen molar-refractivity contribution >= 4 is 5.91 Å². The van der Waals surface area contributed by atoms with E-state index < -0.39 is 0 Å². The van der Waals surface area contributed by atoms with E-state index in [0.29, 0.717) is 19.0 Å². The zero-order valence-electron chi connectivity index (χ0n) is 13.7. The van der Waals surface area contributed by atoms with Crippen LogP contribution in [0.1, 0.15) is 43.3 Å². The lowest BCUT2D eigenvalue weighted by Gasteiger charge is -2.13. The molecule has 0 saturated heterocycles. The second-order valence-corrected chi connectivity index (χ2v) is 6.43. The predicted octanol–water partition coefficient (Wildman–Crippen LogP) is 3.20. The average Bonchev–Trinajstić information content (AvgIpc) is 3.11. The molecule has 122 valence electrons. The fraction of sp³-hybridized carbons (Fsp3) is 0.421. The number of furan rings is 1. The summed E-state index contributed by atoms with van der Waals surface area (Å²) in [6.07, 6.45) is 1.22. The zero-order valence-corrected chi connectivity index (χ0v) is 13.7. The summed E-state index contributed by atoms with van der Waals surface area (Å²) in [5, 5.41) is 6.16. The molecule has 1 aromatic carbocycles. The molecule has 1 fully saturated rings. The Bertz CT molecular complexity index is 650. The van der Waals surface area contributed by atoms with Gasteiger partial charge in [0.05, 0.1) is 12.6 Å². The number of rotatable bonds is 7. The van der Waals surface area contributed by atoms with Gasteiger partial charge in [0, 0.05) is 12.5 Å². The molecule has 3 atom stereocenters. The van der Waals surface area contributed by atoms with Gasteiger partial charge < -0.3 is 9.73 Å². The molecule has 4 nitrogen and oxygen atoms in total. The minimum Gasteiger partial charge on any atom is -0.464 e. The van der Waals surface area contributed by atoms with Crippen LogP contribution in [0.25, 0.3) is 0 Å². The van der Waals surface area contributed by atoms with Crippen molar-refractivity contribution in [2.24, 2.45) is 5.92 Å². The van der Waals surface area contributed by atoms with E-state index in [2.05, 4.69) is 23.6 Å². The van der Waals surface area contributed by atoms with E-state index in [1.54, 1.807) is 0 Å². The molecule has 1 aliphatic rings. The minimum atomic E-state index is -0.257. The molecule has 3 unspecified atom stereocenters. The summed E-state index contributed by atoms with van der Waals surface area (Å²) in [5.74, 6) is 3.30. The number of amides is 1. The van der Waals surface area contributed by atoms with Crippen molar-refractivity contribution in [1.29, 1.82) is 0 Å². The third-order valence-electron chi connectivity index (χ3n) is 4.44.